The van der Waals surface area contributed by atoms with Gasteiger partial charge < -0.3 is 27.9 Å². The molecule has 0 saturated heterocycles. The van der Waals surface area contributed by atoms with Gasteiger partial charge in [-0.1, -0.05) is 24.3 Å². The molecule has 3 nitrogen and oxygen atoms in total. The lowest BCUT2D eigenvalue weighted by Crippen LogP contribution is -3.00. The maximum atomic E-state index is 12.8. The van der Waals surface area contributed by atoms with Crippen LogP contribution in [0.15, 0.2) is 48.5 Å². The first kappa shape index (κ1) is 19.4. The third kappa shape index (κ3) is 6.18. The summed E-state index contributed by atoms with van der Waals surface area (Å²) in [6.07, 6.45) is 1.31. The minimum Gasteiger partial charge on any atom is -1.00 e. The molecule has 5 heteroatoms. The fraction of sp³-hybridized carbons (Fsp3) is 0.333. The van der Waals surface area contributed by atoms with E-state index in [1.165, 1.54) is 12.1 Å². The number of aromatic hydroxyl groups is 1. The van der Waals surface area contributed by atoms with Crippen molar-refractivity contribution in [2.75, 3.05) is 6.54 Å². The van der Waals surface area contributed by atoms with Crippen molar-refractivity contribution in [1.82, 2.24) is 0 Å². The van der Waals surface area contributed by atoms with E-state index in [1.54, 1.807) is 24.3 Å². The lowest BCUT2D eigenvalue weighted by atomic mass is 10.0. The summed E-state index contributed by atoms with van der Waals surface area (Å²) >= 11 is 0. The zero-order valence-corrected chi connectivity index (χ0v) is 13.9. The first-order valence-corrected chi connectivity index (χ1v) is 7.61. The van der Waals surface area contributed by atoms with E-state index in [0.717, 1.165) is 30.5 Å². The third-order valence-corrected chi connectivity index (χ3v) is 3.85. The third-order valence-electron chi connectivity index (χ3n) is 3.85. The number of nitrogens with two attached hydrogens (primary N) is 1. The number of aliphatic hydroxyl groups excluding tert-OH is 1. The second kappa shape index (κ2) is 9.50. The molecule has 0 aromatic heterocycles. The van der Waals surface area contributed by atoms with Crippen LogP contribution >= 0.6 is 0 Å². The summed E-state index contributed by atoms with van der Waals surface area (Å²) in [6, 6.07) is 13.3. The van der Waals surface area contributed by atoms with Crippen molar-refractivity contribution in [3.8, 4) is 5.75 Å². The Bertz CT molecular complexity index is 575. The minimum atomic E-state index is -0.563. The Kier molecular flexibility index (Phi) is 8.03. The van der Waals surface area contributed by atoms with Gasteiger partial charge in [0.25, 0.3) is 0 Å². The fourth-order valence-electron chi connectivity index (χ4n) is 2.44. The molecule has 0 aliphatic heterocycles. The first-order valence-electron chi connectivity index (χ1n) is 7.61. The van der Waals surface area contributed by atoms with E-state index in [0.29, 0.717) is 0 Å². The molecular formula is C18H23ClFNO2. The largest absolute Gasteiger partial charge is 1.00 e. The van der Waals surface area contributed by atoms with Crippen molar-refractivity contribution in [2.45, 2.75) is 31.9 Å². The summed E-state index contributed by atoms with van der Waals surface area (Å²) in [7, 11) is 0. The van der Waals surface area contributed by atoms with E-state index in [1.807, 2.05) is 19.1 Å². The smallest absolute Gasteiger partial charge is 0.130 e. The lowest BCUT2D eigenvalue weighted by molar-refractivity contribution is -0.694. The van der Waals surface area contributed by atoms with Crippen LogP contribution in [0, 0.1) is 5.82 Å². The average molecular weight is 340 g/mol. The number of rotatable bonds is 7. The molecule has 2 unspecified atom stereocenters. The van der Waals surface area contributed by atoms with Crippen molar-refractivity contribution in [3.63, 3.8) is 0 Å². The van der Waals surface area contributed by atoms with Gasteiger partial charge in [0.2, 0.25) is 0 Å². The van der Waals surface area contributed by atoms with Gasteiger partial charge in [0.05, 0.1) is 6.54 Å². The van der Waals surface area contributed by atoms with E-state index in [2.05, 4.69) is 5.32 Å². The van der Waals surface area contributed by atoms with E-state index in [-0.39, 0.29) is 30.0 Å². The molecule has 0 bridgehead atoms. The van der Waals surface area contributed by atoms with Crippen LogP contribution in [-0.4, -0.2) is 22.8 Å². The number of hydrogen-bond donors (Lipinski definition) is 3. The Balaban J connectivity index is 0.00000264. The SMILES string of the molecule is CC([NH2+]CCCc1ccc(F)cc1)C(O)c1ccc(O)cc1.[Cl-]. The number of benzene rings is 2. The molecule has 0 aliphatic carbocycles. The highest BCUT2D eigenvalue weighted by Gasteiger charge is 2.18. The summed E-state index contributed by atoms with van der Waals surface area (Å²) < 4.78 is 12.8. The van der Waals surface area contributed by atoms with E-state index >= 15 is 0 Å². The maximum absolute atomic E-state index is 12.8. The van der Waals surface area contributed by atoms with Gasteiger partial charge in [0, 0.05) is 6.42 Å². The normalized spacial score (nSPS) is 13.2. The van der Waals surface area contributed by atoms with Crippen LogP contribution < -0.4 is 17.7 Å². The molecule has 0 fully saturated rings. The first-order chi connectivity index (χ1) is 10.6. The highest BCUT2D eigenvalue weighted by Crippen LogP contribution is 2.18. The summed E-state index contributed by atoms with van der Waals surface area (Å²) in [6.45, 7) is 2.88. The molecule has 126 valence electrons. The molecule has 2 aromatic carbocycles. The lowest BCUT2D eigenvalue weighted by Gasteiger charge is -2.18. The molecule has 0 radical (unpaired) electrons. The van der Waals surface area contributed by atoms with E-state index < -0.39 is 6.10 Å². The molecule has 2 atom stereocenters. The molecule has 23 heavy (non-hydrogen) atoms. The number of aryl methyl sites for hydroxylation is 1. The number of hydrogen-bond acceptors (Lipinski definition) is 2. The molecule has 0 spiro atoms. The second-order valence-electron chi connectivity index (χ2n) is 5.65. The Hall–Kier alpha value is -1.62. The van der Waals surface area contributed by atoms with Gasteiger partial charge in [-0.2, -0.15) is 0 Å². The Morgan fingerprint density at radius 2 is 1.65 bits per heavy atom. The van der Waals surface area contributed by atoms with Crippen LogP contribution in [0.4, 0.5) is 4.39 Å². The van der Waals surface area contributed by atoms with Gasteiger partial charge in [-0.25, -0.2) is 4.39 Å². The molecule has 0 aliphatic rings. The zero-order chi connectivity index (χ0) is 15.9. The molecule has 2 aromatic rings. The summed E-state index contributed by atoms with van der Waals surface area (Å²) in [5.74, 6) is -0.00663. The van der Waals surface area contributed by atoms with E-state index in [9.17, 15) is 14.6 Å². The van der Waals surface area contributed by atoms with Gasteiger partial charge in [-0.15, -0.1) is 0 Å². The summed E-state index contributed by atoms with van der Waals surface area (Å²) in [5, 5.41) is 21.6. The highest BCUT2D eigenvalue weighted by atomic mass is 35.5. The topological polar surface area (TPSA) is 57.1 Å². The molecule has 0 heterocycles. The van der Waals surface area contributed by atoms with Gasteiger partial charge in [-0.05, 0) is 48.7 Å². The summed E-state index contributed by atoms with van der Waals surface area (Å²) in [4.78, 5) is 0. The van der Waals surface area contributed by atoms with Gasteiger partial charge in [0.15, 0.2) is 0 Å². The Morgan fingerprint density at radius 1 is 1.04 bits per heavy atom. The van der Waals surface area contributed by atoms with Gasteiger partial charge >= 0.3 is 0 Å². The number of phenolic OH excluding ortho intramolecular Hbond substituents is 1. The van der Waals surface area contributed by atoms with Crippen LogP contribution in [-0.2, 0) is 6.42 Å². The molecule has 0 saturated carbocycles. The maximum Gasteiger partial charge on any atom is 0.130 e. The predicted octanol–water partition coefficient (Wildman–Crippen LogP) is -0.847. The van der Waals surface area contributed by atoms with Crippen LogP contribution in [0.25, 0.3) is 0 Å². The van der Waals surface area contributed by atoms with Crippen molar-refractivity contribution in [3.05, 3.63) is 65.5 Å². The molecule has 0 amide bonds. The molecular weight excluding hydrogens is 317 g/mol. The monoisotopic (exact) mass is 339 g/mol. The quantitative estimate of drug-likeness (QED) is 0.576. The van der Waals surface area contributed by atoms with Crippen LogP contribution in [0.3, 0.4) is 0 Å². The number of quaternary nitrogens is 1. The zero-order valence-electron chi connectivity index (χ0n) is 13.1. The van der Waals surface area contributed by atoms with Crippen LogP contribution in [0.1, 0.15) is 30.6 Å². The number of halogens is 2. The Labute approximate surface area is 142 Å². The van der Waals surface area contributed by atoms with E-state index in [4.69, 9.17) is 0 Å². The van der Waals surface area contributed by atoms with Crippen LogP contribution in [0.2, 0.25) is 0 Å². The highest BCUT2D eigenvalue weighted by molar-refractivity contribution is 5.27. The van der Waals surface area contributed by atoms with Gasteiger partial charge in [-0.3, -0.25) is 0 Å². The van der Waals surface area contributed by atoms with Crippen molar-refractivity contribution >= 4 is 0 Å². The van der Waals surface area contributed by atoms with Crippen molar-refractivity contribution < 1.29 is 32.3 Å². The fourth-order valence-corrected chi connectivity index (χ4v) is 2.44. The number of aliphatic hydroxyl groups is 1. The predicted molar refractivity (Wildman–Crippen MR) is 84.0 cm³/mol. The minimum absolute atomic E-state index is 0. The van der Waals surface area contributed by atoms with Crippen molar-refractivity contribution in [1.29, 1.82) is 0 Å². The Morgan fingerprint density at radius 3 is 2.26 bits per heavy atom. The van der Waals surface area contributed by atoms with Gasteiger partial charge in [0.1, 0.15) is 23.7 Å². The average Bonchev–Trinajstić information content (AvgIpc) is 2.53. The second-order valence-corrected chi connectivity index (χ2v) is 5.65. The molecule has 4 N–H and O–H groups in total. The number of phenols is 1. The van der Waals surface area contributed by atoms with Crippen LogP contribution in [0.5, 0.6) is 5.75 Å². The van der Waals surface area contributed by atoms with Crippen molar-refractivity contribution in [2.24, 2.45) is 0 Å². The summed E-state index contributed by atoms with van der Waals surface area (Å²) in [5.41, 5.74) is 1.93. The molecule has 2 rings (SSSR count). The standard InChI is InChI=1S/C18H22FNO2.ClH/c1-13(18(22)15-6-10-17(21)11-7-15)20-12-2-3-14-4-8-16(19)9-5-14;/h4-11,13,18,20-22H,2-3,12H2,1H3;1H.